The minimum atomic E-state index is -0.115. The Morgan fingerprint density at radius 2 is 1.42 bits per heavy atom. The topological polar surface area (TPSA) is 59.1 Å². The molecule has 0 amide bonds. The summed E-state index contributed by atoms with van der Waals surface area (Å²) in [6.07, 6.45) is 3.64. The standard InChI is InChI=1S/C18H36N2O4S2/c1-19(2)10-6-12-23-16-17(21)9-15-26-25-14-5-8-18(22)24-13-7-11-20(3)4/h5-16H2,1-4H3. The van der Waals surface area contributed by atoms with Gasteiger partial charge in [-0.1, -0.05) is 21.6 Å². The van der Waals surface area contributed by atoms with E-state index in [1.807, 2.05) is 28.2 Å². The predicted molar refractivity (Wildman–Crippen MR) is 112 cm³/mol. The number of hydrogen-bond donors (Lipinski definition) is 0. The molecular formula is C18H36N2O4S2. The van der Waals surface area contributed by atoms with Gasteiger partial charge in [0.15, 0.2) is 5.78 Å². The van der Waals surface area contributed by atoms with Crippen LogP contribution in [0.15, 0.2) is 0 Å². The Bertz CT molecular complexity index is 369. The summed E-state index contributed by atoms with van der Waals surface area (Å²) in [7, 11) is 11.4. The molecule has 0 atom stereocenters. The van der Waals surface area contributed by atoms with E-state index in [2.05, 4.69) is 9.80 Å². The van der Waals surface area contributed by atoms with E-state index in [1.165, 1.54) is 0 Å². The maximum Gasteiger partial charge on any atom is 0.305 e. The molecule has 0 unspecified atom stereocenters. The van der Waals surface area contributed by atoms with Crippen molar-refractivity contribution in [3.63, 3.8) is 0 Å². The van der Waals surface area contributed by atoms with Crippen molar-refractivity contribution in [1.29, 1.82) is 0 Å². The summed E-state index contributed by atoms with van der Waals surface area (Å²) < 4.78 is 10.6. The van der Waals surface area contributed by atoms with Crippen LogP contribution in [0.25, 0.3) is 0 Å². The molecule has 8 heteroatoms. The molecular weight excluding hydrogens is 372 g/mol. The summed E-state index contributed by atoms with van der Waals surface area (Å²) in [6.45, 7) is 3.26. The lowest BCUT2D eigenvalue weighted by molar-refractivity contribution is -0.143. The van der Waals surface area contributed by atoms with E-state index in [-0.39, 0.29) is 18.4 Å². The van der Waals surface area contributed by atoms with Crippen molar-refractivity contribution in [3.05, 3.63) is 0 Å². The van der Waals surface area contributed by atoms with Crippen LogP contribution < -0.4 is 0 Å². The SMILES string of the molecule is CN(C)CCCOCC(=O)CCSSCCCC(=O)OCCCN(C)C. The lowest BCUT2D eigenvalue weighted by Crippen LogP contribution is -2.16. The molecule has 0 aliphatic carbocycles. The Morgan fingerprint density at radius 3 is 2.08 bits per heavy atom. The molecule has 0 aromatic rings. The molecule has 0 fully saturated rings. The fraction of sp³-hybridized carbons (Fsp3) is 0.889. The van der Waals surface area contributed by atoms with Gasteiger partial charge in [-0.25, -0.2) is 0 Å². The third-order valence-corrected chi connectivity index (χ3v) is 5.82. The van der Waals surface area contributed by atoms with Gasteiger partial charge in [-0.15, -0.1) is 0 Å². The molecule has 26 heavy (non-hydrogen) atoms. The average Bonchev–Trinajstić information content (AvgIpc) is 2.57. The van der Waals surface area contributed by atoms with E-state index in [0.717, 1.165) is 43.9 Å². The van der Waals surface area contributed by atoms with Gasteiger partial charge in [-0.05, 0) is 54.0 Å². The monoisotopic (exact) mass is 408 g/mol. The second-order valence-corrected chi connectivity index (χ2v) is 9.33. The molecule has 0 aliphatic rings. The average molecular weight is 409 g/mol. The molecule has 0 heterocycles. The van der Waals surface area contributed by atoms with Crippen LogP contribution in [0, 0.1) is 0 Å². The number of nitrogens with zero attached hydrogens (tertiary/aromatic N) is 2. The van der Waals surface area contributed by atoms with E-state index in [0.29, 0.717) is 26.1 Å². The molecule has 0 radical (unpaired) electrons. The zero-order valence-electron chi connectivity index (χ0n) is 16.8. The maximum absolute atomic E-state index is 11.7. The van der Waals surface area contributed by atoms with Gasteiger partial charge in [-0.2, -0.15) is 0 Å². The number of hydrogen-bond acceptors (Lipinski definition) is 8. The molecule has 154 valence electrons. The molecule has 0 saturated carbocycles. The molecule has 0 aromatic heterocycles. The van der Waals surface area contributed by atoms with E-state index < -0.39 is 0 Å². The molecule has 0 saturated heterocycles. The number of carbonyl (C=O) groups is 2. The minimum Gasteiger partial charge on any atom is -0.466 e. The molecule has 6 nitrogen and oxygen atoms in total. The predicted octanol–water partition coefficient (Wildman–Crippen LogP) is 2.57. The second-order valence-electron chi connectivity index (χ2n) is 6.62. The van der Waals surface area contributed by atoms with Crippen LogP contribution >= 0.6 is 21.6 Å². The van der Waals surface area contributed by atoms with Gasteiger partial charge in [0.05, 0.1) is 6.61 Å². The van der Waals surface area contributed by atoms with Crippen molar-refractivity contribution in [1.82, 2.24) is 9.80 Å². The number of esters is 1. The third-order valence-electron chi connectivity index (χ3n) is 3.33. The Morgan fingerprint density at radius 1 is 0.808 bits per heavy atom. The number of ketones is 1. The van der Waals surface area contributed by atoms with E-state index in [4.69, 9.17) is 9.47 Å². The highest BCUT2D eigenvalue weighted by atomic mass is 33.1. The normalized spacial score (nSPS) is 11.3. The Kier molecular flexibility index (Phi) is 17.9. The summed E-state index contributed by atoms with van der Waals surface area (Å²) in [5.41, 5.74) is 0. The first-order valence-corrected chi connectivity index (χ1v) is 11.7. The number of carbonyl (C=O) groups excluding carboxylic acids is 2. The minimum absolute atomic E-state index is 0.115. The Labute approximate surface area is 167 Å². The first-order valence-electron chi connectivity index (χ1n) is 9.20. The Hall–Kier alpha value is -0.280. The fourth-order valence-corrected chi connectivity index (χ4v) is 4.05. The molecule has 0 spiro atoms. The van der Waals surface area contributed by atoms with Crippen LogP contribution in [0.2, 0.25) is 0 Å². The van der Waals surface area contributed by atoms with E-state index in [9.17, 15) is 9.59 Å². The zero-order valence-corrected chi connectivity index (χ0v) is 18.5. The summed E-state index contributed by atoms with van der Waals surface area (Å²) in [5.74, 6) is 1.73. The van der Waals surface area contributed by atoms with Crippen LogP contribution in [-0.2, 0) is 19.1 Å². The Balaban J connectivity index is 3.31. The summed E-state index contributed by atoms with van der Waals surface area (Å²) >= 11 is 0. The third kappa shape index (κ3) is 20.0. The van der Waals surface area contributed by atoms with Gasteiger partial charge in [0.2, 0.25) is 0 Å². The van der Waals surface area contributed by atoms with Crippen LogP contribution in [0.3, 0.4) is 0 Å². The van der Waals surface area contributed by atoms with Crippen molar-refractivity contribution < 1.29 is 19.1 Å². The largest absolute Gasteiger partial charge is 0.466 e. The van der Waals surface area contributed by atoms with Crippen molar-refractivity contribution in [3.8, 4) is 0 Å². The summed E-state index contributed by atoms with van der Waals surface area (Å²) in [5, 5.41) is 0. The fourth-order valence-electron chi connectivity index (χ4n) is 1.93. The summed E-state index contributed by atoms with van der Waals surface area (Å²) in [4.78, 5) is 27.4. The van der Waals surface area contributed by atoms with E-state index >= 15 is 0 Å². The van der Waals surface area contributed by atoms with Gasteiger partial charge < -0.3 is 19.3 Å². The zero-order chi connectivity index (χ0) is 19.6. The molecule has 0 rings (SSSR count). The second kappa shape index (κ2) is 18.1. The maximum atomic E-state index is 11.7. The van der Waals surface area contributed by atoms with Gasteiger partial charge in [-0.3, -0.25) is 9.59 Å². The van der Waals surface area contributed by atoms with E-state index in [1.54, 1.807) is 21.6 Å². The van der Waals surface area contributed by atoms with Crippen molar-refractivity contribution in [2.45, 2.75) is 32.1 Å². The number of ether oxygens (including phenoxy) is 2. The van der Waals surface area contributed by atoms with Crippen molar-refractivity contribution in [2.75, 3.05) is 72.6 Å². The van der Waals surface area contributed by atoms with Crippen LogP contribution in [-0.4, -0.2) is 94.2 Å². The lowest BCUT2D eigenvalue weighted by Gasteiger charge is -2.09. The first-order chi connectivity index (χ1) is 12.4. The van der Waals surface area contributed by atoms with Gasteiger partial charge in [0.1, 0.15) is 6.61 Å². The highest BCUT2D eigenvalue weighted by molar-refractivity contribution is 8.76. The van der Waals surface area contributed by atoms with Crippen LogP contribution in [0.4, 0.5) is 0 Å². The summed E-state index contributed by atoms with van der Waals surface area (Å²) in [6, 6.07) is 0. The molecule has 0 N–H and O–H groups in total. The molecule has 0 bridgehead atoms. The number of rotatable bonds is 18. The number of Topliss-reactive ketones (excluding diaryl/α,β-unsaturated/α-hetero) is 1. The highest BCUT2D eigenvalue weighted by Crippen LogP contribution is 2.23. The smallest absolute Gasteiger partial charge is 0.305 e. The van der Waals surface area contributed by atoms with Crippen LogP contribution in [0.1, 0.15) is 32.1 Å². The van der Waals surface area contributed by atoms with Crippen molar-refractivity contribution >= 4 is 33.3 Å². The lowest BCUT2D eigenvalue weighted by atomic mass is 10.3. The van der Waals surface area contributed by atoms with Crippen molar-refractivity contribution in [2.24, 2.45) is 0 Å². The highest BCUT2D eigenvalue weighted by Gasteiger charge is 2.05. The molecule has 0 aromatic carbocycles. The van der Waals surface area contributed by atoms with Gasteiger partial charge in [0, 0.05) is 37.5 Å². The quantitative estimate of drug-likeness (QED) is 0.195. The first kappa shape index (κ1) is 25.7. The molecule has 0 aliphatic heterocycles. The van der Waals surface area contributed by atoms with Crippen LogP contribution in [0.5, 0.6) is 0 Å². The van der Waals surface area contributed by atoms with Gasteiger partial charge >= 0.3 is 5.97 Å². The van der Waals surface area contributed by atoms with Gasteiger partial charge in [0.25, 0.3) is 0 Å².